The summed E-state index contributed by atoms with van der Waals surface area (Å²) in [7, 11) is 0. The van der Waals surface area contributed by atoms with E-state index < -0.39 is 0 Å². The van der Waals surface area contributed by atoms with Gasteiger partial charge < -0.3 is 10.1 Å². The van der Waals surface area contributed by atoms with E-state index in [9.17, 15) is 0 Å². The molecule has 0 saturated carbocycles. The number of thiophene rings is 1. The Morgan fingerprint density at radius 2 is 2.37 bits per heavy atom. The van der Waals surface area contributed by atoms with Crippen LogP contribution in [0.1, 0.15) is 50.3 Å². The Balaban J connectivity index is 1.68. The van der Waals surface area contributed by atoms with E-state index in [-0.39, 0.29) is 0 Å². The minimum atomic E-state index is 0.525. The fourth-order valence-electron chi connectivity index (χ4n) is 2.83. The van der Waals surface area contributed by atoms with Gasteiger partial charge in [0.1, 0.15) is 0 Å². The highest BCUT2D eigenvalue weighted by molar-refractivity contribution is 7.09. The lowest BCUT2D eigenvalue weighted by Crippen LogP contribution is -2.31. The topological polar surface area (TPSA) is 21.3 Å². The van der Waals surface area contributed by atoms with Gasteiger partial charge in [-0.05, 0) is 62.9 Å². The average Bonchev–Trinajstić information content (AvgIpc) is 2.96. The minimum Gasteiger partial charge on any atom is -0.378 e. The van der Waals surface area contributed by atoms with Gasteiger partial charge in [-0.2, -0.15) is 0 Å². The second kappa shape index (κ2) is 8.72. The van der Waals surface area contributed by atoms with E-state index in [2.05, 4.69) is 29.8 Å². The van der Waals surface area contributed by atoms with E-state index in [1.165, 1.54) is 49.8 Å². The molecule has 0 aromatic carbocycles. The highest BCUT2D eigenvalue weighted by Crippen LogP contribution is 2.20. The first-order valence-electron chi connectivity index (χ1n) is 7.76. The third-order valence-electron chi connectivity index (χ3n) is 3.92. The summed E-state index contributed by atoms with van der Waals surface area (Å²) in [5, 5.41) is 5.81. The summed E-state index contributed by atoms with van der Waals surface area (Å²) in [5.41, 5.74) is 0. The van der Waals surface area contributed by atoms with Crippen LogP contribution >= 0.6 is 11.3 Å². The largest absolute Gasteiger partial charge is 0.378 e. The van der Waals surface area contributed by atoms with Crippen molar-refractivity contribution in [3.8, 4) is 0 Å². The van der Waals surface area contributed by atoms with Crippen LogP contribution in [0, 0.1) is 0 Å². The fourth-order valence-corrected chi connectivity index (χ4v) is 3.56. The van der Waals surface area contributed by atoms with E-state index in [1.54, 1.807) is 0 Å². The average molecular weight is 281 g/mol. The van der Waals surface area contributed by atoms with Crippen molar-refractivity contribution in [3.05, 3.63) is 22.4 Å². The molecule has 108 valence electrons. The predicted octanol–water partition coefficient (Wildman–Crippen LogP) is 4.01. The van der Waals surface area contributed by atoms with Crippen LogP contribution in [-0.4, -0.2) is 25.3 Å². The summed E-state index contributed by atoms with van der Waals surface area (Å²) in [6.45, 7) is 4.25. The molecule has 2 rings (SSSR count). The summed E-state index contributed by atoms with van der Waals surface area (Å²) >= 11 is 1.88. The molecule has 0 spiro atoms. The van der Waals surface area contributed by atoms with Crippen molar-refractivity contribution in [2.45, 2.75) is 64.0 Å². The number of hydrogen-bond donors (Lipinski definition) is 1. The molecule has 1 aliphatic heterocycles. The van der Waals surface area contributed by atoms with Crippen LogP contribution in [0.2, 0.25) is 0 Å². The third-order valence-corrected chi connectivity index (χ3v) is 4.86. The Hall–Kier alpha value is -0.380. The molecule has 1 N–H and O–H groups in total. The molecule has 3 heteroatoms. The van der Waals surface area contributed by atoms with E-state index in [0.29, 0.717) is 12.1 Å². The summed E-state index contributed by atoms with van der Waals surface area (Å²) in [6.07, 6.45) is 9.34. The Morgan fingerprint density at radius 3 is 3.05 bits per heavy atom. The number of nitrogens with one attached hydrogen (secondary N) is 1. The van der Waals surface area contributed by atoms with E-state index >= 15 is 0 Å². The van der Waals surface area contributed by atoms with Crippen LogP contribution < -0.4 is 5.32 Å². The van der Waals surface area contributed by atoms with Gasteiger partial charge in [-0.3, -0.25) is 0 Å². The zero-order chi connectivity index (χ0) is 13.3. The Bertz CT molecular complexity index is 319. The van der Waals surface area contributed by atoms with Crippen molar-refractivity contribution in [3.63, 3.8) is 0 Å². The van der Waals surface area contributed by atoms with Gasteiger partial charge in [0.05, 0.1) is 6.10 Å². The molecule has 2 atom stereocenters. The van der Waals surface area contributed by atoms with Crippen LogP contribution in [0.25, 0.3) is 0 Å². The molecule has 0 aliphatic carbocycles. The molecule has 2 nitrogen and oxygen atoms in total. The van der Waals surface area contributed by atoms with Gasteiger partial charge in [0.2, 0.25) is 0 Å². The number of aryl methyl sites for hydroxylation is 1. The van der Waals surface area contributed by atoms with Gasteiger partial charge in [0.15, 0.2) is 0 Å². The smallest absolute Gasteiger partial charge is 0.0575 e. The van der Waals surface area contributed by atoms with Crippen molar-refractivity contribution in [2.24, 2.45) is 0 Å². The number of rotatable bonds is 8. The normalized spacial score (nSPS) is 21.4. The molecular weight excluding hydrogens is 254 g/mol. The zero-order valence-electron chi connectivity index (χ0n) is 12.1. The summed E-state index contributed by atoms with van der Waals surface area (Å²) in [4.78, 5) is 1.51. The quantitative estimate of drug-likeness (QED) is 0.777. The van der Waals surface area contributed by atoms with Gasteiger partial charge in [-0.1, -0.05) is 13.0 Å². The lowest BCUT2D eigenvalue weighted by molar-refractivity contribution is 0.00848. The number of hydrogen-bond acceptors (Lipinski definition) is 3. The molecule has 0 amide bonds. The van der Waals surface area contributed by atoms with E-state index in [4.69, 9.17) is 4.74 Å². The summed E-state index contributed by atoms with van der Waals surface area (Å²) in [6, 6.07) is 5.05. The van der Waals surface area contributed by atoms with Gasteiger partial charge in [-0.25, -0.2) is 0 Å². The Labute approximate surface area is 121 Å². The first-order valence-corrected chi connectivity index (χ1v) is 8.64. The van der Waals surface area contributed by atoms with Crippen LogP contribution in [0.4, 0.5) is 0 Å². The van der Waals surface area contributed by atoms with Crippen molar-refractivity contribution >= 4 is 11.3 Å². The highest BCUT2D eigenvalue weighted by atomic mass is 32.1. The Kier molecular flexibility index (Phi) is 6.90. The lowest BCUT2D eigenvalue weighted by atomic mass is 9.99. The molecule has 2 unspecified atom stereocenters. The Morgan fingerprint density at radius 1 is 1.42 bits per heavy atom. The molecule has 19 heavy (non-hydrogen) atoms. The molecule has 2 heterocycles. The van der Waals surface area contributed by atoms with Crippen molar-refractivity contribution in [1.29, 1.82) is 0 Å². The molecular formula is C16H27NOS. The molecule has 0 bridgehead atoms. The van der Waals surface area contributed by atoms with Gasteiger partial charge in [0, 0.05) is 17.5 Å². The summed E-state index contributed by atoms with van der Waals surface area (Å²) in [5.74, 6) is 0. The maximum atomic E-state index is 5.83. The van der Waals surface area contributed by atoms with Crippen LogP contribution in [-0.2, 0) is 11.2 Å². The van der Waals surface area contributed by atoms with Gasteiger partial charge in [0.25, 0.3) is 0 Å². The van der Waals surface area contributed by atoms with Crippen molar-refractivity contribution < 1.29 is 4.74 Å². The van der Waals surface area contributed by atoms with E-state index in [0.717, 1.165) is 13.2 Å². The maximum absolute atomic E-state index is 5.83. The standard InChI is InChI=1S/C16H27NOS/c1-2-17-14(9-11-16-7-5-13-19-16)8-10-15-6-3-4-12-18-15/h5,7,13-15,17H,2-4,6,8-12H2,1H3. The third kappa shape index (κ3) is 5.64. The van der Waals surface area contributed by atoms with Crippen LogP contribution in [0.15, 0.2) is 17.5 Å². The molecule has 1 saturated heterocycles. The molecule has 1 aromatic heterocycles. The van der Waals surface area contributed by atoms with Gasteiger partial charge in [-0.15, -0.1) is 11.3 Å². The molecule has 1 aliphatic rings. The first kappa shape index (κ1) is 15.0. The fraction of sp³-hybridized carbons (Fsp3) is 0.750. The lowest BCUT2D eigenvalue weighted by Gasteiger charge is -2.25. The second-order valence-electron chi connectivity index (χ2n) is 5.44. The van der Waals surface area contributed by atoms with Crippen LogP contribution in [0.5, 0.6) is 0 Å². The number of ether oxygens (including phenoxy) is 1. The summed E-state index contributed by atoms with van der Waals surface area (Å²) < 4.78 is 5.83. The van der Waals surface area contributed by atoms with E-state index in [1.807, 2.05) is 11.3 Å². The maximum Gasteiger partial charge on any atom is 0.0575 e. The SMILES string of the molecule is CCNC(CCc1cccs1)CCC1CCCCO1. The van der Waals surface area contributed by atoms with Crippen molar-refractivity contribution in [2.75, 3.05) is 13.2 Å². The predicted molar refractivity (Wildman–Crippen MR) is 82.9 cm³/mol. The second-order valence-corrected chi connectivity index (χ2v) is 6.47. The monoisotopic (exact) mass is 281 g/mol. The van der Waals surface area contributed by atoms with Crippen molar-refractivity contribution in [1.82, 2.24) is 5.32 Å². The zero-order valence-corrected chi connectivity index (χ0v) is 12.9. The van der Waals surface area contributed by atoms with Crippen LogP contribution in [0.3, 0.4) is 0 Å². The molecule has 0 radical (unpaired) electrons. The minimum absolute atomic E-state index is 0.525. The van der Waals surface area contributed by atoms with Gasteiger partial charge >= 0.3 is 0 Å². The molecule has 1 aromatic rings. The first-order chi connectivity index (χ1) is 9.38. The molecule has 1 fully saturated rings. The highest BCUT2D eigenvalue weighted by Gasteiger charge is 2.16.